The molecule has 3 fully saturated rings. The quantitative estimate of drug-likeness (QED) is 0.229. The van der Waals surface area contributed by atoms with Crippen molar-refractivity contribution < 1.29 is 28.9 Å². The fraction of sp³-hybridized carbons (Fsp3) is 0.561. The molecule has 0 aliphatic carbocycles. The molecule has 8 rings (SSSR count). The van der Waals surface area contributed by atoms with Crippen LogP contribution in [0.1, 0.15) is 69.3 Å². The van der Waals surface area contributed by atoms with E-state index in [1.54, 1.807) is 12.1 Å². The number of esters is 1. The van der Waals surface area contributed by atoms with E-state index in [0.717, 1.165) is 62.6 Å². The molecular formula is C41H53N7O6S. The highest BCUT2D eigenvalue weighted by Crippen LogP contribution is 2.42. The van der Waals surface area contributed by atoms with Gasteiger partial charge in [-0.05, 0) is 69.4 Å². The number of ether oxygens (including phenoxy) is 3. The number of aliphatic hydroxyl groups excluding tert-OH is 1. The molecular weight excluding hydrogens is 719 g/mol. The maximum absolute atomic E-state index is 13.7. The normalized spacial score (nSPS) is 27.4. The lowest BCUT2D eigenvalue weighted by Gasteiger charge is -2.50. The number of hydrogen-bond acceptors (Lipinski definition) is 11. The van der Waals surface area contributed by atoms with Gasteiger partial charge in [0.25, 0.3) is 0 Å². The predicted molar refractivity (Wildman–Crippen MR) is 210 cm³/mol. The van der Waals surface area contributed by atoms with E-state index in [2.05, 4.69) is 65.7 Å². The van der Waals surface area contributed by atoms with Crippen LogP contribution in [0.25, 0.3) is 33.4 Å². The van der Waals surface area contributed by atoms with Gasteiger partial charge in [0.15, 0.2) is 0 Å². The van der Waals surface area contributed by atoms with Crippen molar-refractivity contribution in [2.24, 2.45) is 11.3 Å². The summed E-state index contributed by atoms with van der Waals surface area (Å²) >= 11 is 1.52. The van der Waals surface area contributed by atoms with Crippen molar-refractivity contribution in [2.75, 3.05) is 40.0 Å². The Morgan fingerprint density at radius 3 is 2.91 bits per heavy atom. The zero-order valence-corrected chi connectivity index (χ0v) is 33.2. The zero-order valence-electron chi connectivity index (χ0n) is 32.4. The molecule has 294 valence electrons. The third-order valence-corrected chi connectivity index (χ3v) is 12.7. The van der Waals surface area contributed by atoms with E-state index in [1.807, 2.05) is 24.1 Å². The number of aromatic nitrogens is 3. The Hall–Kier alpha value is -3.92. The largest absolute Gasteiger partial charge is 0.464 e. The summed E-state index contributed by atoms with van der Waals surface area (Å²) in [6.07, 6.45) is 3.49. The molecule has 7 atom stereocenters. The number of carbonyl (C=O) groups is 2. The summed E-state index contributed by atoms with van der Waals surface area (Å²) in [7, 11) is 1.70. The van der Waals surface area contributed by atoms with Gasteiger partial charge in [-0.1, -0.05) is 19.9 Å². The highest BCUT2D eigenvalue weighted by atomic mass is 32.1. The number of rotatable bonds is 5. The van der Waals surface area contributed by atoms with Gasteiger partial charge >= 0.3 is 12.0 Å². The average molecular weight is 772 g/mol. The summed E-state index contributed by atoms with van der Waals surface area (Å²) in [5.74, 6) is -0.00965. The molecule has 4 aliphatic heterocycles. The number of hydrogen-bond donors (Lipinski definition) is 3. The highest BCUT2D eigenvalue weighted by Gasteiger charge is 2.45. The molecule has 4 aromatic rings. The minimum absolute atomic E-state index is 0.143. The van der Waals surface area contributed by atoms with Gasteiger partial charge in [-0.25, -0.2) is 20.2 Å². The van der Waals surface area contributed by atoms with Crippen LogP contribution in [0.15, 0.2) is 41.9 Å². The predicted octanol–water partition coefficient (Wildman–Crippen LogP) is 5.31. The van der Waals surface area contributed by atoms with Crippen molar-refractivity contribution >= 4 is 34.2 Å². The maximum Gasteiger partial charge on any atom is 0.324 e. The van der Waals surface area contributed by atoms with E-state index < -0.39 is 23.7 Å². The maximum atomic E-state index is 13.7. The number of nitrogens with one attached hydrogen (secondary N) is 2. The first-order valence-electron chi connectivity index (χ1n) is 19.7. The molecule has 2 amide bonds. The number of aliphatic hydroxyl groups is 1. The molecule has 55 heavy (non-hydrogen) atoms. The first-order chi connectivity index (χ1) is 26.5. The monoisotopic (exact) mass is 771 g/mol. The van der Waals surface area contributed by atoms with E-state index in [-0.39, 0.29) is 30.8 Å². The number of nitrogens with zero attached hydrogens (tertiary/aromatic N) is 5. The Labute approximate surface area is 326 Å². The number of likely N-dealkylation sites (tertiary alicyclic amines) is 1. The molecule has 13 nitrogen and oxygen atoms in total. The van der Waals surface area contributed by atoms with E-state index >= 15 is 0 Å². The first-order valence-corrected chi connectivity index (χ1v) is 20.5. The van der Waals surface area contributed by atoms with Crippen LogP contribution in [-0.4, -0.2) is 106 Å². The van der Waals surface area contributed by atoms with Gasteiger partial charge < -0.3 is 34.1 Å². The molecule has 0 radical (unpaired) electrons. The van der Waals surface area contributed by atoms with Crippen LogP contribution in [-0.2, 0) is 38.4 Å². The Kier molecular flexibility index (Phi) is 10.7. The molecule has 3 saturated heterocycles. The van der Waals surface area contributed by atoms with Crippen molar-refractivity contribution in [3.05, 3.63) is 58.2 Å². The van der Waals surface area contributed by atoms with Gasteiger partial charge in [0.2, 0.25) is 0 Å². The number of cyclic esters (lactones) is 1. The lowest BCUT2D eigenvalue weighted by molar-refractivity contribution is -0.156. The highest BCUT2D eigenvalue weighted by molar-refractivity contribution is 7.10. The van der Waals surface area contributed by atoms with Crippen LogP contribution in [0.2, 0.25) is 0 Å². The average Bonchev–Trinajstić information content (AvgIpc) is 3.77. The van der Waals surface area contributed by atoms with Crippen LogP contribution >= 0.6 is 11.3 Å². The van der Waals surface area contributed by atoms with E-state index in [0.29, 0.717) is 57.9 Å². The summed E-state index contributed by atoms with van der Waals surface area (Å²) in [5, 5.41) is 20.7. The second kappa shape index (κ2) is 15.5. The summed E-state index contributed by atoms with van der Waals surface area (Å²) in [6, 6.07) is 9.23. The van der Waals surface area contributed by atoms with Gasteiger partial charge in [0.05, 0.1) is 47.4 Å². The topological polar surface area (TPSA) is 143 Å². The number of carbonyl (C=O) groups excluding carboxylic acids is 2. The molecule has 7 heterocycles. The smallest absolute Gasteiger partial charge is 0.324 e. The fourth-order valence-corrected chi connectivity index (χ4v) is 9.66. The molecule has 3 aromatic heterocycles. The standard InChI is InChI=1S/C41H53N7O6S/c1-6-46-34-12-11-25-17-28(34)29(37(46)27-9-7-14-42-36(27)24(2)52-5)19-41(3,4)23-54-39(50)30-10-8-15-48(45-30)38(49)31(18-35-43-32(25)22-55-35)44-40(51)47-20-26-21-53-16-13-33(26)47/h7,9,11-12,14,17,22,24,26,30-31,33,38,45,49H,6,8,10,13,15-16,18-21,23H2,1-5H3,(H,44,51)/t24-,26-,30-,31-,33+,38?/m0/s1. The Morgan fingerprint density at radius 2 is 2.11 bits per heavy atom. The van der Waals surface area contributed by atoms with Crippen LogP contribution in [0.4, 0.5) is 4.79 Å². The van der Waals surface area contributed by atoms with Crippen LogP contribution < -0.4 is 10.7 Å². The second-order valence-corrected chi connectivity index (χ2v) is 17.2. The number of fused-ring (bicyclic) bond motifs is 7. The van der Waals surface area contributed by atoms with Gasteiger partial charge in [0.1, 0.15) is 12.3 Å². The summed E-state index contributed by atoms with van der Waals surface area (Å²) in [6.45, 7) is 11.8. The Morgan fingerprint density at radius 1 is 1.25 bits per heavy atom. The third-order valence-electron chi connectivity index (χ3n) is 11.8. The number of amides is 2. The van der Waals surface area contributed by atoms with E-state index in [4.69, 9.17) is 24.2 Å². The summed E-state index contributed by atoms with van der Waals surface area (Å²) in [4.78, 5) is 39.2. The molecule has 1 aromatic carbocycles. The third kappa shape index (κ3) is 7.40. The molecule has 14 heteroatoms. The number of benzene rings is 1. The lowest BCUT2D eigenvalue weighted by Crippen LogP contribution is -2.67. The number of pyridine rings is 1. The van der Waals surface area contributed by atoms with Crippen molar-refractivity contribution in [3.8, 4) is 22.5 Å². The van der Waals surface area contributed by atoms with Crippen LogP contribution in [0.5, 0.6) is 0 Å². The minimum atomic E-state index is -1.11. The number of hydrazine groups is 1. The second-order valence-electron chi connectivity index (χ2n) is 16.2. The summed E-state index contributed by atoms with van der Waals surface area (Å²) < 4.78 is 19.9. The van der Waals surface area contributed by atoms with Crippen LogP contribution in [0, 0.1) is 11.3 Å². The lowest BCUT2D eigenvalue weighted by atomic mass is 9.84. The number of aryl methyl sites for hydroxylation is 1. The Bertz CT molecular complexity index is 2050. The molecule has 0 spiro atoms. The van der Waals surface area contributed by atoms with Gasteiger partial charge in [-0.2, -0.15) is 0 Å². The fourth-order valence-electron chi connectivity index (χ4n) is 8.79. The SMILES string of the molecule is CCn1c(-c2cccnc2[C@H](C)OC)c2c3cc(ccc31)-c1csc(n1)C[C@H](NC(=O)N1C[C@H]3COCC[C@H]31)C(O)N1CCC[C@H](N1)C(=O)OCC(C)(C)C2. The minimum Gasteiger partial charge on any atom is -0.464 e. The molecule has 0 saturated carbocycles. The van der Waals surface area contributed by atoms with Crippen LogP contribution in [0.3, 0.4) is 0 Å². The molecule has 6 bridgehead atoms. The number of urea groups is 1. The zero-order chi connectivity index (χ0) is 38.4. The van der Waals surface area contributed by atoms with Crippen molar-refractivity contribution in [2.45, 2.75) is 96.8 Å². The van der Waals surface area contributed by atoms with Gasteiger partial charge in [0, 0.05) is 90.8 Å². The van der Waals surface area contributed by atoms with Gasteiger partial charge in [-0.3, -0.25) is 9.78 Å². The van der Waals surface area contributed by atoms with Crippen molar-refractivity contribution in [1.82, 2.24) is 35.2 Å². The van der Waals surface area contributed by atoms with E-state index in [1.165, 1.54) is 11.3 Å². The first kappa shape index (κ1) is 38.0. The van der Waals surface area contributed by atoms with Gasteiger partial charge in [-0.15, -0.1) is 11.3 Å². The summed E-state index contributed by atoms with van der Waals surface area (Å²) in [5.41, 5.74) is 9.86. The number of thiazole rings is 1. The van der Waals surface area contributed by atoms with Crippen molar-refractivity contribution in [1.29, 1.82) is 0 Å². The number of methoxy groups -OCH3 is 1. The molecule has 3 N–H and O–H groups in total. The van der Waals surface area contributed by atoms with E-state index in [9.17, 15) is 14.7 Å². The Balaban J connectivity index is 1.20. The molecule has 4 aliphatic rings. The van der Waals surface area contributed by atoms with Crippen molar-refractivity contribution in [3.63, 3.8) is 0 Å². The molecule has 2 unspecified atom stereocenters.